The fraction of sp³-hybridized carbons (Fsp3) is 0.500. The first-order valence-electron chi connectivity index (χ1n) is 3.72. The third kappa shape index (κ3) is 2.04. The second kappa shape index (κ2) is 3.83. The zero-order valence-electron chi connectivity index (χ0n) is 7.40. The molecule has 0 N–H and O–H groups in total. The van der Waals surface area contributed by atoms with Gasteiger partial charge in [0, 0.05) is 11.8 Å². The lowest BCUT2D eigenvalue weighted by atomic mass is 10.2. The van der Waals surface area contributed by atoms with Gasteiger partial charge in [0.1, 0.15) is 5.84 Å². The summed E-state index contributed by atoms with van der Waals surface area (Å²) >= 11 is 0. The van der Waals surface area contributed by atoms with E-state index in [1.165, 1.54) is 13.3 Å². The van der Waals surface area contributed by atoms with Crippen LogP contribution in [0.15, 0.2) is 21.2 Å². The maximum Gasteiger partial charge on any atom is 0.326 e. The number of nitrogens with zero attached hydrogens (tertiary/aromatic N) is 3. The average molecular weight is 165 g/mol. The molecule has 64 valence electrons. The van der Waals surface area contributed by atoms with Crippen molar-refractivity contribution < 1.29 is 4.74 Å². The Morgan fingerprint density at radius 2 is 2.25 bits per heavy atom. The first-order chi connectivity index (χ1) is 5.74. The quantitative estimate of drug-likeness (QED) is 0.576. The predicted molar refractivity (Wildman–Crippen MR) is 48.7 cm³/mol. The Morgan fingerprint density at radius 3 is 2.83 bits per heavy atom. The first kappa shape index (κ1) is 8.68. The van der Waals surface area contributed by atoms with Gasteiger partial charge in [0.05, 0.1) is 13.3 Å². The third-order valence-electron chi connectivity index (χ3n) is 1.32. The van der Waals surface area contributed by atoms with Gasteiger partial charge in [0.2, 0.25) is 0 Å². The highest BCUT2D eigenvalue weighted by molar-refractivity contribution is 5.98. The van der Waals surface area contributed by atoms with Crippen molar-refractivity contribution in [1.82, 2.24) is 0 Å². The van der Waals surface area contributed by atoms with Crippen molar-refractivity contribution in [3.63, 3.8) is 0 Å². The summed E-state index contributed by atoms with van der Waals surface area (Å²) < 4.78 is 4.87. The minimum Gasteiger partial charge on any atom is -0.466 e. The van der Waals surface area contributed by atoms with Gasteiger partial charge in [0.25, 0.3) is 0 Å². The van der Waals surface area contributed by atoms with Crippen LogP contribution in [-0.4, -0.2) is 24.8 Å². The summed E-state index contributed by atoms with van der Waals surface area (Å²) in [6.07, 6.45) is 1.49. The molecule has 0 saturated heterocycles. The van der Waals surface area contributed by atoms with Gasteiger partial charge in [-0.1, -0.05) is 13.8 Å². The molecule has 0 aromatic rings. The molecule has 0 aromatic carbocycles. The molecule has 1 aliphatic heterocycles. The van der Waals surface area contributed by atoms with Gasteiger partial charge in [-0.3, -0.25) is 0 Å². The Kier molecular flexibility index (Phi) is 2.77. The van der Waals surface area contributed by atoms with Gasteiger partial charge in [-0.25, -0.2) is 4.99 Å². The highest BCUT2D eigenvalue weighted by Crippen LogP contribution is 2.01. The van der Waals surface area contributed by atoms with E-state index in [1.54, 1.807) is 0 Å². The molecule has 1 heterocycles. The van der Waals surface area contributed by atoms with Crippen LogP contribution in [0.25, 0.3) is 0 Å². The lowest BCUT2D eigenvalue weighted by Crippen LogP contribution is -2.07. The molecule has 0 spiro atoms. The van der Waals surface area contributed by atoms with Gasteiger partial charge >= 0.3 is 6.02 Å². The average Bonchev–Trinajstić information content (AvgIpc) is 2.28. The summed E-state index contributed by atoms with van der Waals surface area (Å²) in [5.74, 6) is 3.56. The molecule has 0 aliphatic carbocycles. The minimum atomic E-state index is 0.265. The van der Waals surface area contributed by atoms with Crippen LogP contribution >= 0.6 is 0 Å². The molecule has 0 aromatic heterocycles. The van der Waals surface area contributed by atoms with Gasteiger partial charge < -0.3 is 4.74 Å². The van der Waals surface area contributed by atoms with E-state index in [0.717, 1.165) is 0 Å². The number of methoxy groups -OCH3 is 1. The van der Waals surface area contributed by atoms with Crippen molar-refractivity contribution in [2.75, 3.05) is 7.11 Å². The van der Waals surface area contributed by atoms with Crippen molar-refractivity contribution in [3.05, 3.63) is 6.20 Å². The summed E-state index contributed by atoms with van der Waals surface area (Å²) in [5, 5.41) is 0. The normalized spacial score (nSPS) is 15.7. The molecular weight excluding hydrogens is 154 g/mol. The highest BCUT2D eigenvalue weighted by Gasteiger charge is 2.06. The standard InChI is InChI=1S/C8H11N3O/c1-6(2)7-9-4-5-10-8(11-7)12-3/h4,6H,1-3H3. The van der Waals surface area contributed by atoms with E-state index in [9.17, 15) is 0 Å². The van der Waals surface area contributed by atoms with Gasteiger partial charge in [-0.2, -0.15) is 4.99 Å². The SMILES string of the molecule is COC1=NC(C(C)C)=NC=C=N1. The van der Waals surface area contributed by atoms with Crippen LogP contribution in [0.2, 0.25) is 0 Å². The summed E-state index contributed by atoms with van der Waals surface area (Å²) in [7, 11) is 1.52. The van der Waals surface area contributed by atoms with Crippen LogP contribution in [-0.2, 0) is 4.74 Å². The zero-order chi connectivity index (χ0) is 8.97. The van der Waals surface area contributed by atoms with Crippen LogP contribution < -0.4 is 0 Å². The Labute approximate surface area is 71.4 Å². The first-order valence-corrected chi connectivity index (χ1v) is 3.72. The summed E-state index contributed by atoms with van der Waals surface area (Å²) in [4.78, 5) is 11.9. The van der Waals surface area contributed by atoms with E-state index in [1.807, 2.05) is 13.8 Å². The fourth-order valence-corrected chi connectivity index (χ4v) is 0.700. The van der Waals surface area contributed by atoms with Crippen molar-refractivity contribution in [2.24, 2.45) is 20.9 Å². The van der Waals surface area contributed by atoms with Crippen molar-refractivity contribution in [1.29, 1.82) is 0 Å². The van der Waals surface area contributed by atoms with E-state index in [-0.39, 0.29) is 5.92 Å². The number of ether oxygens (including phenoxy) is 1. The number of rotatable bonds is 1. The van der Waals surface area contributed by atoms with Gasteiger partial charge in [-0.15, -0.1) is 4.99 Å². The molecular formula is C8H11N3O. The summed E-state index contributed by atoms with van der Waals surface area (Å²) in [6.45, 7) is 4.02. The zero-order valence-corrected chi connectivity index (χ0v) is 7.40. The molecule has 0 unspecified atom stereocenters. The van der Waals surface area contributed by atoms with E-state index in [0.29, 0.717) is 11.9 Å². The van der Waals surface area contributed by atoms with E-state index >= 15 is 0 Å². The van der Waals surface area contributed by atoms with Crippen molar-refractivity contribution in [2.45, 2.75) is 13.8 Å². The molecule has 1 rings (SSSR count). The summed E-state index contributed by atoms with van der Waals surface area (Å²) in [6, 6.07) is 0.302. The highest BCUT2D eigenvalue weighted by atomic mass is 16.5. The second-order valence-electron chi connectivity index (χ2n) is 2.61. The number of hydrogen-bond acceptors (Lipinski definition) is 4. The molecule has 0 bridgehead atoms. The van der Waals surface area contributed by atoms with Gasteiger partial charge in [0.15, 0.2) is 0 Å². The molecule has 12 heavy (non-hydrogen) atoms. The maximum atomic E-state index is 4.87. The molecule has 1 aliphatic rings. The maximum absolute atomic E-state index is 4.87. The molecule has 0 saturated carbocycles. The van der Waals surface area contributed by atoms with Crippen LogP contribution in [0.4, 0.5) is 0 Å². The number of aliphatic imine (C=N–C) groups is 3. The van der Waals surface area contributed by atoms with Crippen LogP contribution in [0.5, 0.6) is 0 Å². The topological polar surface area (TPSA) is 46.3 Å². The van der Waals surface area contributed by atoms with E-state index in [4.69, 9.17) is 4.74 Å². The van der Waals surface area contributed by atoms with Crippen molar-refractivity contribution >= 4 is 17.7 Å². The van der Waals surface area contributed by atoms with E-state index in [2.05, 4.69) is 20.8 Å². The third-order valence-corrected chi connectivity index (χ3v) is 1.32. The Hall–Kier alpha value is -1.41. The predicted octanol–water partition coefficient (Wildman–Crippen LogP) is 1.24. The fourth-order valence-electron chi connectivity index (χ4n) is 0.700. The smallest absolute Gasteiger partial charge is 0.326 e. The molecule has 4 heteroatoms. The minimum absolute atomic E-state index is 0.265. The second-order valence-corrected chi connectivity index (χ2v) is 2.61. The molecule has 4 nitrogen and oxygen atoms in total. The Morgan fingerprint density at radius 1 is 1.50 bits per heavy atom. The number of hydrogen-bond donors (Lipinski definition) is 0. The largest absolute Gasteiger partial charge is 0.466 e. The molecule has 0 atom stereocenters. The van der Waals surface area contributed by atoms with Crippen LogP contribution in [0.1, 0.15) is 13.8 Å². The Balaban J connectivity index is 2.93. The molecule has 0 amide bonds. The Bertz CT molecular complexity index is 283. The van der Waals surface area contributed by atoms with Crippen LogP contribution in [0, 0.1) is 5.92 Å². The van der Waals surface area contributed by atoms with Crippen molar-refractivity contribution in [3.8, 4) is 0 Å². The molecule has 0 radical (unpaired) electrons. The van der Waals surface area contributed by atoms with E-state index < -0.39 is 0 Å². The van der Waals surface area contributed by atoms with Gasteiger partial charge in [-0.05, 0) is 0 Å². The lowest BCUT2D eigenvalue weighted by Gasteiger charge is -2.02. The van der Waals surface area contributed by atoms with Crippen LogP contribution in [0.3, 0.4) is 0 Å². The lowest BCUT2D eigenvalue weighted by molar-refractivity contribution is 0.398. The molecule has 0 fully saturated rings. The summed E-state index contributed by atoms with van der Waals surface area (Å²) in [5.41, 5.74) is 0. The number of amidine groups is 2. The monoisotopic (exact) mass is 165 g/mol.